The summed E-state index contributed by atoms with van der Waals surface area (Å²) in [7, 11) is -1.22. The zero-order chi connectivity index (χ0) is 18.7. The second-order valence-corrected chi connectivity index (χ2v) is 10.4. The van der Waals surface area contributed by atoms with Crippen molar-refractivity contribution in [2.45, 2.75) is 57.6 Å². The van der Waals surface area contributed by atoms with E-state index in [1.165, 1.54) is 5.56 Å². The molecule has 1 unspecified atom stereocenters. The first-order valence-electron chi connectivity index (χ1n) is 8.99. The Morgan fingerprint density at radius 2 is 1.68 bits per heavy atom. The third-order valence-electron chi connectivity index (χ3n) is 4.85. The number of hydrogen-bond donors (Lipinski definition) is 1. The molecule has 1 atom stereocenters. The molecule has 0 radical (unpaired) electrons. The quantitative estimate of drug-likeness (QED) is 0.861. The molecule has 25 heavy (non-hydrogen) atoms. The van der Waals surface area contributed by atoms with Crippen molar-refractivity contribution in [3.05, 3.63) is 29.8 Å². The molecule has 140 valence electrons. The maximum absolute atomic E-state index is 12.8. The highest BCUT2D eigenvalue weighted by atomic mass is 32.2. The van der Waals surface area contributed by atoms with E-state index >= 15 is 0 Å². The fraction of sp³-hybridized carbons (Fsp3) is 0.650. The highest BCUT2D eigenvalue weighted by Crippen LogP contribution is 2.25. The minimum atomic E-state index is -1.22. The van der Waals surface area contributed by atoms with E-state index in [9.17, 15) is 9.00 Å². The van der Waals surface area contributed by atoms with Crippen molar-refractivity contribution in [2.75, 3.05) is 24.3 Å². The SMILES string of the molecule is CC(C)(C)c1ccc(NC(=O)C(C)(C)S(=O)CC2CCOCC2)cc1. The predicted octanol–water partition coefficient (Wildman–Crippen LogP) is 3.88. The van der Waals surface area contributed by atoms with Crippen LogP contribution in [0.4, 0.5) is 5.69 Å². The molecular formula is C20H31NO3S. The van der Waals surface area contributed by atoms with E-state index in [0.29, 0.717) is 11.7 Å². The molecule has 1 amide bonds. The van der Waals surface area contributed by atoms with Gasteiger partial charge < -0.3 is 10.1 Å². The largest absolute Gasteiger partial charge is 0.381 e. The second-order valence-electron chi connectivity index (χ2n) is 8.36. The van der Waals surface area contributed by atoms with Crippen LogP contribution in [0, 0.1) is 5.92 Å². The Balaban J connectivity index is 1.98. The molecule has 1 N–H and O–H groups in total. The zero-order valence-corrected chi connectivity index (χ0v) is 16.9. The van der Waals surface area contributed by atoms with Crippen molar-refractivity contribution in [1.82, 2.24) is 0 Å². The van der Waals surface area contributed by atoms with Gasteiger partial charge in [0.05, 0.1) is 0 Å². The fourth-order valence-electron chi connectivity index (χ4n) is 2.77. The van der Waals surface area contributed by atoms with Gasteiger partial charge in [-0.3, -0.25) is 9.00 Å². The topological polar surface area (TPSA) is 55.4 Å². The van der Waals surface area contributed by atoms with Crippen LogP contribution in [0.2, 0.25) is 0 Å². The minimum Gasteiger partial charge on any atom is -0.381 e. The molecule has 0 spiro atoms. The number of benzene rings is 1. The van der Waals surface area contributed by atoms with Gasteiger partial charge in [0.15, 0.2) is 0 Å². The van der Waals surface area contributed by atoms with Crippen LogP contribution in [0.25, 0.3) is 0 Å². The summed E-state index contributed by atoms with van der Waals surface area (Å²) in [4.78, 5) is 12.7. The summed E-state index contributed by atoms with van der Waals surface area (Å²) in [6, 6.07) is 7.88. The molecule has 5 heteroatoms. The summed E-state index contributed by atoms with van der Waals surface area (Å²) < 4.78 is 17.2. The smallest absolute Gasteiger partial charge is 0.242 e. The van der Waals surface area contributed by atoms with E-state index in [1.54, 1.807) is 13.8 Å². The molecule has 0 bridgehead atoms. The lowest BCUT2D eigenvalue weighted by molar-refractivity contribution is -0.117. The molecule has 1 aromatic carbocycles. The summed E-state index contributed by atoms with van der Waals surface area (Å²) in [6.45, 7) is 11.5. The molecule has 1 saturated heterocycles. The number of carbonyl (C=O) groups excluding carboxylic acids is 1. The lowest BCUT2D eigenvalue weighted by Crippen LogP contribution is -2.43. The van der Waals surface area contributed by atoms with Crippen molar-refractivity contribution in [1.29, 1.82) is 0 Å². The fourth-order valence-corrected chi connectivity index (χ4v) is 4.21. The molecule has 1 aromatic rings. The lowest BCUT2D eigenvalue weighted by Gasteiger charge is -2.27. The maximum Gasteiger partial charge on any atom is 0.242 e. The Kier molecular flexibility index (Phi) is 6.44. The number of hydrogen-bond acceptors (Lipinski definition) is 3. The first kappa shape index (κ1) is 20.1. The van der Waals surface area contributed by atoms with Crippen LogP contribution in [-0.4, -0.2) is 33.8 Å². The first-order chi connectivity index (χ1) is 11.6. The zero-order valence-electron chi connectivity index (χ0n) is 16.1. The Hall–Kier alpha value is -1.20. The predicted molar refractivity (Wildman–Crippen MR) is 104 cm³/mol. The second kappa shape index (κ2) is 8.00. The van der Waals surface area contributed by atoms with Gasteiger partial charge in [-0.05, 0) is 55.7 Å². The number of ether oxygens (including phenoxy) is 1. The van der Waals surface area contributed by atoms with Crippen molar-refractivity contribution in [2.24, 2.45) is 5.92 Å². The van der Waals surface area contributed by atoms with Crippen LogP contribution < -0.4 is 5.32 Å². The normalized spacial score (nSPS) is 18.0. The first-order valence-corrected chi connectivity index (χ1v) is 10.3. The van der Waals surface area contributed by atoms with E-state index in [0.717, 1.165) is 31.7 Å². The minimum absolute atomic E-state index is 0.0764. The number of carbonyl (C=O) groups is 1. The van der Waals surface area contributed by atoms with Crippen LogP contribution in [-0.2, 0) is 25.7 Å². The Bertz CT molecular complexity index is 611. The van der Waals surface area contributed by atoms with Crippen LogP contribution in [0.1, 0.15) is 53.0 Å². The van der Waals surface area contributed by atoms with Crippen LogP contribution in [0.15, 0.2) is 24.3 Å². The van der Waals surface area contributed by atoms with Crippen molar-refractivity contribution >= 4 is 22.4 Å². The summed E-state index contributed by atoms with van der Waals surface area (Å²) in [5, 5.41) is 2.92. The average molecular weight is 366 g/mol. The lowest BCUT2D eigenvalue weighted by atomic mass is 9.87. The monoisotopic (exact) mass is 365 g/mol. The molecule has 2 rings (SSSR count). The van der Waals surface area contributed by atoms with E-state index in [-0.39, 0.29) is 11.3 Å². The molecule has 0 saturated carbocycles. The maximum atomic E-state index is 12.8. The van der Waals surface area contributed by atoms with E-state index in [4.69, 9.17) is 4.74 Å². The number of amides is 1. The third-order valence-corrected chi connectivity index (χ3v) is 6.95. The highest BCUT2D eigenvalue weighted by Gasteiger charge is 2.36. The number of nitrogens with one attached hydrogen (secondary N) is 1. The summed E-state index contributed by atoms with van der Waals surface area (Å²) in [6.07, 6.45) is 1.86. The van der Waals surface area contributed by atoms with Crippen molar-refractivity contribution < 1.29 is 13.7 Å². The van der Waals surface area contributed by atoms with Gasteiger partial charge >= 0.3 is 0 Å². The van der Waals surface area contributed by atoms with Crippen molar-refractivity contribution in [3.8, 4) is 0 Å². The molecule has 4 nitrogen and oxygen atoms in total. The van der Waals surface area contributed by atoms with Gasteiger partial charge in [0.2, 0.25) is 5.91 Å². The van der Waals surface area contributed by atoms with Gasteiger partial charge in [-0.1, -0.05) is 32.9 Å². The molecular weight excluding hydrogens is 334 g/mol. The Labute approximate surface area is 154 Å². The molecule has 1 aliphatic heterocycles. The van der Waals surface area contributed by atoms with Gasteiger partial charge in [-0.2, -0.15) is 0 Å². The van der Waals surface area contributed by atoms with Crippen LogP contribution >= 0.6 is 0 Å². The Morgan fingerprint density at radius 1 is 1.12 bits per heavy atom. The number of rotatable bonds is 5. The molecule has 1 fully saturated rings. The summed E-state index contributed by atoms with van der Waals surface area (Å²) in [5.41, 5.74) is 2.04. The molecule has 0 aromatic heterocycles. The summed E-state index contributed by atoms with van der Waals surface area (Å²) >= 11 is 0. The number of anilines is 1. The molecule has 1 aliphatic rings. The van der Waals surface area contributed by atoms with Gasteiger partial charge in [-0.25, -0.2) is 0 Å². The average Bonchev–Trinajstić information content (AvgIpc) is 2.55. The van der Waals surface area contributed by atoms with Gasteiger partial charge in [0.1, 0.15) is 4.75 Å². The molecule has 1 heterocycles. The van der Waals surface area contributed by atoms with Crippen molar-refractivity contribution in [3.63, 3.8) is 0 Å². The Morgan fingerprint density at radius 3 is 2.20 bits per heavy atom. The highest BCUT2D eigenvalue weighted by molar-refractivity contribution is 7.87. The van der Waals surface area contributed by atoms with Crippen LogP contribution in [0.3, 0.4) is 0 Å². The van der Waals surface area contributed by atoms with Gasteiger partial charge in [0.25, 0.3) is 0 Å². The van der Waals surface area contributed by atoms with Gasteiger partial charge in [-0.15, -0.1) is 0 Å². The standard InChI is InChI=1S/C20H31NO3S/c1-19(2,3)16-6-8-17(9-7-16)21-18(22)20(4,5)25(23)14-15-10-12-24-13-11-15/h6-9,15H,10-14H2,1-5H3,(H,21,22). The summed E-state index contributed by atoms with van der Waals surface area (Å²) in [5.74, 6) is 0.751. The van der Waals surface area contributed by atoms with E-state index in [1.807, 2.05) is 24.3 Å². The van der Waals surface area contributed by atoms with Gasteiger partial charge in [0, 0.05) is 35.5 Å². The molecule has 0 aliphatic carbocycles. The van der Waals surface area contributed by atoms with E-state index < -0.39 is 15.5 Å². The third kappa shape index (κ3) is 5.38. The van der Waals surface area contributed by atoms with E-state index in [2.05, 4.69) is 26.1 Å². The van der Waals surface area contributed by atoms with Crippen LogP contribution in [0.5, 0.6) is 0 Å².